The first-order chi connectivity index (χ1) is 11.6. The van der Waals surface area contributed by atoms with Gasteiger partial charge in [0.05, 0.1) is 13.2 Å². The smallest absolute Gasteiger partial charge is 0.225 e. The minimum atomic E-state index is 0.0894. The zero-order valence-electron chi connectivity index (χ0n) is 14.9. The number of rotatable bonds is 3. The molecule has 2 aliphatic heterocycles. The summed E-state index contributed by atoms with van der Waals surface area (Å²) in [6.45, 7) is 10.2. The van der Waals surface area contributed by atoms with Crippen LogP contribution in [0.5, 0.6) is 0 Å². The molecule has 5 heteroatoms. The number of carbonyl (C=O) groups is 1. The van der Waals surface area contributed by atoms with E-state index in [-0.39, 0.29) is 17.2 Å². The predicted octanol–water partition coefficient (Wildman–Crippen LogP) is 2.18. The van der Waals surface area contributed by atoms with E-state index in [4.69, 9.17) is 4.74 Å². The van der Waals surface area contributed by atoms with Crippen LogP contribution in [0.2, 0.25) is 0 Å². The molecule has 5 nitrogen and oxygen atoms in total. The second kappa shape index (κ2) is 7.62. The normalized spacial score (nSPS) is 21.9. The Labute approximate surface area is 145 Å². The molecule has 1 aromatic heterocycles. The highest BCUT2D eigenvalue weighted by atomic mass is 16.5. The summed E-state index contributed by atoms with van der Waals surface area (Å²) in [6, 6.07) is 4.13. The van der Waals surface area contributed by atoms with Crippen LogP contribution in [0.25, 0.3) is 0 Å². The average Bonchev–Trinajstić information content (AvgIpc) is 2.78. The van der Waals surface area contributed by atoms with E-state index in [1.54, 1.807) is 0 Å². The lowest BCUT2D eigenvalue weighted by molar-refractivity contribution is -0.137. The van der Waals surface area contributed by atoms with Gasteiger partial charge in [-0.15, -0.1) is 0 Å². The molecule has 2 aliphatic rings. The Hall–Kier alpha value is -1.46. The first-order valence-electron chi connectivity index (χ1n) is 9.06. The lowest BCUT2D eigenvalue weighted by Gasteiger charge is -2.43. The quantitative estimate of drug-likeness (QED) is 0.852. The monoisotopic (exact) mass is 331 g/mol. The molecule has 0 bridgehead atoms. The van der Waals surface area contributed by atoms with Gasteiger partial charge in [0.25, 0.3) is 0 Å². The van der Waals surface area contributed by atoms with Crippen molar-refractivity contribution in [3.63, 3.8) is 0 Å². The fourth-order valence-electron chi connectivity index (χ4n) is 3.84. The number of nitrogens with zero attached hydrogens (tertiary/aromatic N) is 3. The van der Waals surface area contributed by atoms with Crippen molar-refractivity contribution in [1.82, 2.24) is 14.8 Å². The van der Waals surface area contributed by atoms with E-state index in [0.717, 1.165) is 58.8 Å². The second-order valence-corrected chi connectivity index (χ2v) is 7.60. The van der Waals surface area contributed by atoms with Crippen LogP contribution < -0.4 is 0 Å². The molecule has 1 spiro atoms. The van der Waals surface area contributed by atoms with Crippen molar-refractivity contribution < 1.29 is 9.53 Å². The molecule has 1 amide bonds. The molecule has 24 heavy (non-hydrogen) atoms. The molecule has 0 radical (unpaired) electrons. The van der Waals surface area contributed by atoms with Crippen molar-refractivity contribution in [2.24, 2.45) is 11.3 Å². The number of piperidine rings is 1. The fraction of sp³-hybridized carbons (Fsp3) is 0.684. The molecule has 0 aliphatic carbocycles. The summed E-state index contributed by atoms with van der Waals surface area (Å²) in [5.41, 5.74) is 1.44. The Morgan fingerprint density at radius 1 is 1.33 bits per heavy atom. The standard InChI is InChI=1S/C19H29N3O2/c1-16(2)18(23)22-8-5-19(6-9-22)14-21(10-11-24-15-19)13-17-4-3-7-20-12-17/h3-4,7,12,16H,5-6,8-11,13-15H2,1-2H3. The predicted molar refractivity (Wildman–Crippen MR) is 93.4 cm³/mol. The van der Waals surface area contributed by atoms with Crippen LogP contribution in [0.1, 0.15) is 32.3 Å². The van der Waals surface area contributed by atoms with Gasteiger partial charge < -0.3 is 9.64 Å². The minimum absolute atomic E-state index is 0.0894. The van der Waals surface area contributed by atoms with Crippen molar-refractivity contribution in [3.8, 4) is 0 Å². The molecule has 0 atom stereocenters. The molecule has 2 fully saturated rings. The maximum Gasteiger partial charge on any atom is 0.225 e. The van der Waals surface area contributed by atoms with Crippen LogP contribution in [0.3, 0.4) is 0 Å². The van der Waals surface area contributed by atoms with E-state index in [1.165, 1.54) is 5.56 Å². The Bertz CT molecular complexity index is 539. The lowest BCUT2D eigenvalue weighted by Crippen LogP contribution is -2.49. The number of carbonyl (C=O) groups excluding carboxylic acids is 1. The van der Waals surface area contributed by atoms with Crippen LogP contribution in [0.4, 0.5) is 0 Å². The Morgan fingerprint density at radius 2 is 2.12 bits per heavy atom. The van der Waals surface area contributed by atoms with Gasteiger partial charge in [0.1, 0.15) is 0 Å². The number of ether oxygens (including phenoxy) is 1. The van der Waals surface area contributed by atoms with Crippen molar-refractivity contribution in [2.45, 2.75) is 33.2 Å². The van der Waals surface area contributed by atoms with Crippen LogP contribution >= 0.6 is 0 Å². The Morgan fingerprint density at radius 3 is 2.79 bits per heavy atom. The summed E-state index contributed by atoms with van der Waals surface area (Å²) in [6.07, 6.45) is 5.84. The van der Waals surface area contributed by atoms with E-state index in [1.807, 2.05) is 37.2 Å². The average molecular weight is 331 g/mol. The van der Waals surface area contributed by atoms with E-state index in [9.17, 15) is 4.79 Å². The maximum atomic E-state index is 12.2. The largest absolute Gasteiger partial charge is 0.379 e. The van der Waals surface area contributed by atoms with Gasteiger partial charge in [-0.05, 0) is 24.5 Å². The topological polar surface area (TPSA) is 45.7 Å². The Balaban J connectivity index is 1.62. The molecular formula is C19H29N3O2. The van der Waals surface area contributed by atoms with Crippen LogP contribution in [-0.4, -0.2) is 60.1 Å². The molecule has 0 unspecified atom stereocenters. The maximum absolute atomic E-state index is 12.2. The van der Waals surface area contributed by atoms with Gasteiger partial charge in [-0.3, -0.25) is 14.7 Å². The number of hydrogen-bond acceptors (Lipinski definition) is 4. The van der Waals surface area contributed by atoms with Gasteiger partial charge in [-0.2, -0.15) is 0 Å². The molecule has 0 N–H and O–H groups in total. The van der Waals surface area contributed by atoms with Crippen molar-refractivity contribution in [2.75, 3.05) is 39.4 Å². The first kappa shape index (κ1) is 17.4. The summed E-state index contributed by atoms with van der Waals surface area (Å²) in [5.74, 6) is 0.373. The second-order valence-electron chi connectivity index (χ2n) is 7.60. The first-order valence-corrected chi connectivity index (χ1v) is 9.06. The molecule has 0 saturated carbocycles. The molecule has 1 aromatic rings. The summed E-state index contributed by atoms with van der Waals surface area (Å²) in [4.78, 5) is 21.0. The molecular weight excluding hydrogens is 302 g/mol. The summed E-state index contributed by atoms with van der Waals surface area (Å²) < 4.78 is 5.94. The molecule has 0 aromatic carbocycles. The summed E-state index contributed by atoms with van der Waals surface area (Å²) in [7, 11) is 0. The molecule has 3 rings (SSSR count). The highest BCUT2D eigenvalue weighted by molar-refractivity contribution is 5.78. The van der Waals surface area contributed by atoms with Crippen LogP contribution in [0.15, 0.2) is 24.5 Å². The fourth-order valence-corrected chi connectivity index (χ4v) is 3.84. The minimum Gasteiger partial charge on any atom is -0.379 e. The summed E-state index contributed by atoms with van der Waals surface area (Å²) >= 11 is 0. The SMILES string of the molecule is CC(C)C(=O)N1CCC2(CC1)COCCN(Cc1cccnc1)C2. The van der Waals surface area contributed by atoms with E-state index < -0.39 is 0 Å². The number of pyridine rings is 1. The number of aromatic nitrogens is 1. The van der Waals surface area contributed by atoms with E-state index in [2.05, 4.69) is 16.0 Å². The van der Waals surface area contributed by atoms with Gasteiger partial charge in [-0.25, -0.2) is 0 Å². The van der Waals surface area contributed by atoms with E-state index >= 15 is 0 Å². The number of amides is 1. The van der Waals surface area contributed by atoms with Gasteiger partial charge >= 0.3 is 0 Å². The third kappa shape index (κ3) is 4.14. The van der Waals surface area contributed by atoms with Gasteiger partial charge in [-0.1, -0.05) is 19.9 Å². The summed E-state index contributed by atoms with van der Waals surface area (Å²) in [5, 5.41) is 0. The third-order valence-corrected chi connectivity index (χ3v) is 5.28. The third-order valence-electron chi connectivity index (χ3n) is 5.28. The van der Waals surface area contributed by atoms with Crippen molar-refractivity contribution >= 4 is 5.91 Å². The van der Waals surface area contributed by atoms with Gasteiger partial charge in [0, 0.05) is 56.5 Å². The van der Waals surface area contributed by atoms with Gasteiger partial charge in [0.2, 0.25) is 5.91 Å². The molecule has 3 heterocycles. The van der Waals surface area contributed by atoms with Crippen LogP contribution in [0, 0.1) is 11.3 Å². The highest BCUT2D eigenvalue weighted by Crippen LogP contribution is 2.35. The van der Waals surface area contributed by atoms with Crippen molar-refractivity contribution in [1.29, 1.82) is 0 Å². The molecule has 2 saturated heterocycles. The van der Waals surface area contributed by atoms with Gasteiger partial charge in [0.15, 0.2) is 0 Å². The lowest BCUT2D eigenvalue weighted by atomic mass is 9.78. The highest BCUT2D eigenvalue weighted by Gasteiger charge is 2.39. The zero-order chi connectivity index (χ0) is 17.0. The van der Waals surface area contributed by atoms with Crippen LogP contribution in [-0.2, 0) is 16.1 Å². The zero-order valence-corrected chi connectivity index (χ0v) is 14.9. The number of hydrogen-bond donors (Lipinski definition) is 0. The van der Waals surface area contributed by atoms with E-state index in [0.29, 0.717) is 0 Å². The Kier molecular flexibility index (Phi) is 5.51. The molecule has 132 valence electrons. The number of likely N-dealkylation sites (tertiary alicyclic amines) is 1. The van der Waals surface area contributed by atoms with Crippen molar-refractivity contribution in [3.05, 3.63) is 30.1 Å².